The van der Waals surface area contributed by atoms with Crippen molar-refractivity contribution < 1.29 is 0 Å². The van der Waals surface area contributed by atoms with Crippen LogP contribution in [0.25, 0.3) is 0 Å². The molecule has 0 aliphatic rings. The Morgan fingerprint density at radius 2 is 2.28 bits per heavy atom. The van der Waals surface area contributed by atoms with E-state index in [-0.39, 0.29) is 6.04 Å². The number of nitrogens with two attached hydrogens (primary N) is 1. The van der Waals surface area contributed by atoms with Crippen LogP contribution in [0.5, 0.6) is 0 Å². The summed E-state index contributed by atoms with van der Waals surface area (Å²) < 4.78 is 2.81. The van der Waals surface area contributed by atoms with E-state index >= 15 is 0 Å². The second-order valence-electron chi connectivity index (χ2n) is 3.97. The molecule has 1 atom stereocenters. The van der Waals surface area contributed by atoms with E-state index in [9.17, 15) is 0 Å². The minimum absolute atomic E-state index is 0.190. The molecule has 1 aromatic heterocycles. The van der Waals surface area contributed by atoms with Gasteiger partial charge in [0.1, 0.15) is 12.2 Å². The Labute approximate surface area is 119 Å². The molecule has 4 nitrogen and oxygen atoms in total. The Morgan fingerprint density at radius 3 is 3.00 bits per heavy atom. The Balaban J connectivity index is 2.21. The van der Waals surface area contributed by atoms with Crippen LogP contribution in [0.1, 0.15) is 24.4 Å². The SMILES string of the molecule is CCn1ncnc1CC(N)c1cc(Br)ccc1Cl. The number of rotatable bonds is 4. The molecule has 96 valence electrons. The minimum Gasteiger partial charge on any atom is -0.324 e. The summed E-state index contributed by atoms with van der Waals surface area (Å²) in [5.74, 6) is 0.876. The number of benzene rings is 1. The van der Waals surface area contributed by atoms with Crippen molar-refractivity contribution in [3.63, 3.8) is 0 Å². The van der Waals surface area contributed by atoms with Crippen molar-refractivity contribution in [1.29, 1.82) is 0 Å². The molecule has 0 spiro atoms. The lowest BCUT2D eigenvalue weighted by atomic mass is 10.0. The fourth-order valence-corrected chi connectivity index (χ4v) is 2.45. The number of hydrogen-bond donors (Lipinski definition) is 1. The van der Waals surface area contributed by atoms with Crippen LogP contribution in [0.3, 0.4) is 0 Å². The van der Waals surface area contributed by atoms with Gasteiger partial charge in [0.2, 0.25) is 0 Å². The molecule has 1 unspecified atom stereocenters. The fraction of sp³-hybridized carbons (Fsp3) is 0.333. The fourth-order valence-electron chi connectivity index (χ4n) is 1.82. The van der Waals surface area contributed by atoms with Crippen molar-refractivity contribution >= 4 is 27.5 Å². The van der Waals surface area contributed by atoms with Gasteiger partial charge in [-0.3, -0.25) is 4.68 Å². The number of hydrogen-bond acceptors (Lipinski definition) is 3. The summed E-state index contributed by atoms with van der Waals surface area (Å²) in [6, 6.07) is 5.49. The number of halogens is 2. The third-order valence-corrected chi connectivity index (χ3v) is 3.59. The van der Waals surface area contributed by atoms with E-state index in [1.165, 1.54) is 0 Å². The smallest absolute Gasteiger partial charge is 0.138 e. The second kappa shape index (κ2) is 5.82. The molecule has 0 aliphatic carbocycles. The summed E-state index contributed by atoms with van der Waals surface area (Å²) in [5, 5.41) is 4.80. The molecule has 2 aromatic rings. The molecule has 0 fully saturated rings. The molecule has 0 amide bonds. The first-order valence-electron chi connectivity index (χ1n) is 5.69. The first-order valence-corrected chi connectivity index (χ1v) is 6.86. The Morgan fingerprint density at radius 1 is 1.50 bits per heavy atom. The highest BCUT2D eigenvalue weighted by atomic mass is 79.9. The third-order valence-electron chi connectivity index (χ3n) is 2.76. The zero-order valence-electron chi connectivity index (χ0n) is 9.98. The zero-order chi connectivity index (χ0) is 13.1. The first-order chi connectivity index (χ1) is 8.61. The highest BCUT2D eigenvalue weighted by Gasteiger charge is 2.14. The summed E-state index contributed by atoms with van der Waals surface area (Å²) in [5.41, 5.74) is 7.11. The molecular formula is C12H14BrClN4. The van der Waals surface area contributed by atoms with E-state index in [1.807, 2.05) is 29.8 Å². The van der Waals surface area contributed by atoms with Crippen molar-refractivity contribution in [3.8, 4) is 0 Å². The molecule has 0 saturated carbocycles. The van der Waals surface area contributed by atoms with Gasteiger partial charge in [-0.15, -0.1) is 0 Å². The van der Waals surface area contributed by atoms with Crippen molar-refractivity contribution in [1.82, 2.24) is 14.8 Å². The van der Waals surface area contributed by atoms with Gasteiger partial charge in [0.25, 0.3) is 0 Å². The topological polar surface area (TPSA) is 56.7 Å². The van der Waals surface area contributed by atoms with Gasteiger partial charge in [-0.2, -0.15) is 5.10 Å². The summed E-state index contributed by atoms with van der Waals surface area (Å²) in [6.07, 6.45) is 2.16. The van der Waals surface area contributed by atoms with Crippen LogP contribution in [0.15, 0.2) is 29.0 Å². The van der Waals surface area contributed by atoms with Gasteiger partial charge in [0.15, 0.2) is 0 Å². The van der Waals surface area contributed by atoms with Gasteiger partial charge >= 0.3 is 0 Å². The summed E-state index contributed by atoms with van der Waals surface area (Å²) in [4.78, 5) is 4.22. The Kier molecular flexibility index (Phi) is 4.37. The van der Waals surface area contributed by atoms with E-state index in [4.69, 9.17) is 17.3 Å². The lowest BCUT2D eigenvalue weighted by molar-refractivity contribution is 0.581. The van der Waals surface area contributed by atoms with E-state index in [0.717, 1.165) is 22.4 Å². The van der Waals surface area contributed by atoms with Gasteiger partial charge in [-0.25, -0.2) is 4.98 Å². The highest BCUT2D eigenvalue weighted by Crippen LogP contribution is 2.26. The minimum atomic E-state index is -0.190. The monoisotopic (exact) mass is 328 g/mol. The van der Waals surface area contributed by atoms with Gasteiger partial charge in [0.05, 0.1) is 0 Å². The Bertz CT molecular complexity index is 541. The predicted molar refractivity (Wildman–Crippen MR) is 75.5 cm³/mol. The average molecular weight is 330 g/mol. The van der Waals surface area contributed by atoms with E-state index in [2.05, 4.69) is 26.0 Å². The molecule has 2 N–H and O–H groups in total. The molecule has 0 aliphatic heterocycles. The van der Waals surface area contributed by atoms with Crippen LogP contribution >= 0.6 is 27.5 Å². The molecule has 0 radical (unpaired) electrons. The van der Waals surface area contributed by atoms with Gasteiger partial charge in [-0.05, 0) is 30.7 Å². The largest absolute Gasteiger partial charge is 0.324 e. The van der Waals surface area contributed by atoms with Crippen LogP contribution in [-0.2, 0) is 13.0 Å². The number of nitrogens with zero attached hydrogens (tertiary/aromatic N) is 3. The van der Waals surface area contributed by atoms with Crippen molar-refractivity contribution in [2.24, 2.45) is 5.73 Å². The van der Waals surface area contributed by atoms with Crippen LogP contribution < -0.4 is 5.73 Å². The first kappa shape index (κ1) is 13.5. The molecule has 1 heterocycles. The molecular weight excluding hydrogens is 316 g/mol. The molecule has 18 heavy (non-hydrogen) atoms. The zero-order valence-corrected chi connectivity index (χ0v) is 12.3. The predicted octanol–water partition coefficient (Wildman–Crippen LogP) is 2.96. The van der Waals surface area contributed by atoms with E-state index < -0.39 is 0 Å². The number of aryl methyl sites for hydroxylation is 1. The van der Waals surface area contributed by atoms with Gasteiger partial charge in [0, 0.05) is 28.5 Å². The van der Waals surface area contributed by atoms with Crippen LogP contribution in [0.4, 0.5) is 0 Å². The maximum atomic E-state index is 6.19. The van der Waals surface area contributed by atoms with Gasteiger partial charge in [-0.1, -0.05) is 27.5 Å². The molecule has 1 aromatic carbocycles. The molecule has 2 rings (SSSR count). The second-order valence-corrected chi connectivity index (χ2v) is 5.29. The third kappa shape index (κ3) is 2.91. The van der Waals surface area contributed by atoms with Crippen molar-refractivity contribution in [3.05, 3.63) is 45.4 Å². The van der Waals surface area contributed by atoms with Crippen LogP contribution in [0.2, 0.25) is 5.02 Å². The maximum Gasteiger partial charge on any atom is 0.138 e. The molecule has 0 bridgehead atoms. The summed E-state index contributed by atoms with van der Waals surface area (Å²) >= 11 is 9.58. The average Bonchev–Trinajstić information content (AvgIpc) is 2.79. The van der Waals surface area contributed by atoms with Crippen molar-refractivity contribution in [2.75, 3.05) is 0 Å². The maximum absolute atomic E-state index is 6.19. The molecule has 6 heteroatoms. The quantitative estimate of drug-likeness (QED) is 0.938. The van der Waals surface area contributed by atoms with Crippen LogP contribution in [0, 0.1) is 0 Å². The van der Waals surface area contributed by atoms with E-state index in [0.29, 0.717) is 11.4 Å². The van der Waals surface area contributed by atoms with Gasteiger partial charge < -0.3 is 5.73 Å². The standard InChI is InChI=1S/C12H14BrClN4/c1-2-18-12(16-7-17-18)6-11(15)9-5-8(13)3-4-10(9)14/h3-5,7,11H,2,6,15H2,1H3. The summed E-state index contributed by atoms with van der Waals surface area (Å²) in [7, 11) is 0. The lowest BCUT2D eigenvalue weighted by Gasteiger charge is -2.14. The van der Waals surface area contributed by atoms with E-state index in [1.54, 1.807) is 6.33 Å². The number of aromatic nitrogens is 3. The lowest BCUT2D eigenvalue weighted by Crippen LogP contribution is -2.17. The van der Waals surface area contributed by atoms with Crippen LogP contribution in [-0.4, -0.2) is 14.8 Å². The Hall–Kier alpha value is -0.910. The summed E-state index contributed by atoms with van der Waals surface area (Å²) in [6.45, 7) is 2.81. The molecule has 0 saturated heterocycles. The normalized spacial score (nSPS) is 12.7. The van der Waals surface area contributed by atoms with Crippen molar-refractivity contribution in [2.45, 2.75) is 25.9 Å². The highest BCUT2D eigenvalue weighted by molar-refractivity contribution is 9.10.